The van der Waals surface area contributed by atoms with Crippen LogP contribution in [0.5, 0.6) is 0 Å². The molecule has 2 atom stereocenters. The Kier molecular flexibility index (Phi) is 7.84. The van der Waals surface area contributed by atoms with Crippen LogP contribution < -0.4 is 10.6 Å². The van der Waals surface area contributed by atoms with Gasteiger partial charge in [-0.2, -0.15) is 0 Å². The van der Waals surface area contributed by atoms with E-state index >= 15 is 0 Å². The zero-order valence-corrected chi connectivity index (χ0v) is 20.9. The summed E-state index contributed by atoms with van der Waals surface area (Å²) in [4.78, 5) is 47.2. The van der Waals surface area contributed by atoms with E-state index in [1.807, 2.05) is 37.4 Å². The normalized spacial score (nSPS) is 16.1. The summed E-state index contributed by atoms with van der Waals surface area (Å²) in [5.74, 6) is -0.547. The van der Waals surface area contributed by atoms with Crippen LogP contribution in [-0.4, -0.2) is 27.6 Å². The molecule has 2 N–H and O–H groups in total. The standard InChI is InChI=1S/C25H28N4O3S2/c1-3-15(2)9-21(31)29-25-28-19-11-17(12-20(30)23(19)34-25)24(32)26-13-18-14-33-22(27-18)10-16-7-5-4-6-8-16/h4-8,14-15,17H,3,9-13H2,1-2H3,(H,26,32)(H,28,29,31)/t15-,17+/m0/s1. The van der Waals surface area contributed by atoms with E-state index in [2.05, 4.69) is 32.7 Å². The minimum Gasteiger partial charge on any atom is -0.350 e. The van der Waals surface area contributed by atoms with Gasteiger partial charge >= 0.3 is 0 Å². The van der Waals surface area contributed by atoms with Gasteiger partial charge in [0, 0.05) is 31.1 Å². The van der Waals surface area contributed by atoms with Crippen molar-refractivity contribution in [2.24, 2.45) is 11.8 Å². The van der Waals surface area contributed by atoms with Crippen molar-refractivity contribution >= 4 is 45.4 Å². The van der Waals surface area contributed by atoms with Gasteiger partial charge in [-0.25, -0.2) is 9.97 Å². The van der Waals surface area contributed by atoms with Gasteiger partial charge in [-0.1, -0.05) is 61.9 Å². The molecule has 0 spiro atoms. The number of hydrogen-bond acceptors (Lipinski definition) is 7. The van der Waals surface area contributed by atoms with Gasteiger partial charge in [0.2, 0.25) is 11.8 Å². The van der Waals surface area contributed by atoms with Crippen molar-refractivity contribution in [3.8, 4) is 0 Å². The Labute approximate surface area is 207 Å². The molecule has 0 unspecified atom stereocenters. The highest BCUT2D eigenvalue weighted by atomic mass is 32.1. The van der Waals surface area contributed by atoms with E-state index in [9.17, 15) is 14.4 Å². The Bertz CT molecular complexity index is 1170. The first-order valence-electron chi connectivity index (χ1n) is 11.5. The van der Waals surface area contributed by atoms with E-state index in [0.717, 1.165) is 23.5 Å². The largest absolute Gasteiger partial charge is 0.350 e. The van der Waals surface area contributed by atoms with Crippen LogP contribution in [0.2, 0.25) is 0 Å². The van der Waals surface area contributed by atoms with E-state index in [1.165, 1.54) is 16.9 Å². The molecule has 2 aromatic heterocycles. The highest BCUT2D eigenvalue weighted by molar-refractivity contribution is 7.17. The highest BCUT2D eigenvalue weighted by Gasteiger charge is 2.33. The molecular weight excluding hydrogens is 468 g/mol. The van der Waals surface area contributed by atoms with Crippen molar-refractivity contribution in [1.29, 1.82) is 0 Å². The number of ketones is 1. The van der Waals surface area contributed by atoms with E-state index in [4.69, 9.17) is 0 Å². The third-order valence-corrected chi connectivity index (χ3v) is 7.86. The highest BCUT2D eigenvalue weighted by Crippen LogP contribution is 2.32. The van der Waals surface area contributed by atoms with Gasteiger partial charge < -0.3 is 10.6 Å². The van der Waals surface area contributed by atoms with Crippen LogP contribution in [0.4, 0.5) is 5.13 Å². The first kappa shape index (κ1) is 24.2. The molecule has 7 nitrogen and oxygen atoms in total. The molecule has 0 aliphatic heterocycles. The minimum atomic E-state index is -0.465. The van der Waals surface area contributed by atoms with Gasteiger partial charge in [0.25, 0.3) is 0 Å². The number of carbonyl (C=O) groups is 3. The number of fused-ring (bicyclic) bond motifs is 1. The monoisotopic (exact) mass is 496 g/mol. The van der Waals surface area contributed by atoms with Gasteiger partial charge in [0.05, 0.1) is 33.7 Å². The fourth-order valence-electron chi connectivity index (χ4n) is 3.80. The summed E-state index contributed by atoms with van der Waals surface area (Å²) in [6.07, 6.45) is 2.65. The molecule has 34 heavy (non-hydrogen) atoms. The van der Waals surface area contributed by atoms with E-state index in [0.29, 0.717) is 35.1 Å². The maximum absolute atomic E-state index is 12.8. The number of aromatic nitrogens is 2. The second kappa shape index (κ2) is 11.0. The van der Waals surface area contributed by atoms with Gasteiger partial charge in [-0.15, -0.1) is 11.3 Å². The summed E-state index contributed by atoms with van der Waals surface area (Å²) in [5.41, 5.74) is 2.61. The summed E-state index contributed by atoms with van der Waals surface area (Å²) in [5, 5.41) is 9.11. The Balaban J connectivity index is 1.31. The Morgan fingerprint density at radius 3 is 2.74 bits per heavy atom. The minimum absolute atomic E-state index is 0.0971. The molecule has 2 heterocycles. The summed E-state index contributed by atoms with van der Waals surface area (Å²) in [6, 6.07) is 10.1. The van der Waals surface area contributed by atoms with Gasteiger partial charge in [0.15, 0.2) is 10.9 Å². The van der Waals surface area contributed by atoms with Crippen LogP contribution in [0.3, 0.4) is 0 Å². The SMILES string of the molecule is CC[C@H](C)CC(=O)Nc1nc2c(s1)C(=O)C[C@H](C(=O)NCc1csc(Cc3ccccc3)n1)C2. The molecule has 0 radical (unpaired) electrons. The van der Waals surface area contributed by atoms with Gasteiger partial charge in [-0.05, 0) is 11.5 Å². The lowest BCUT2D eigenvalue weighted by molar-refractivity contribution is -0.125. The number of nitrogens with zero attached hydrogens (tertiary/aromatic N) is 2. The number of Topliss-reactive ketones (excluding diaryl/α,β-unsaturated/α-hetero) is 1. The van der Waals surface area contributed by atoms with Crippen LogP contribution >= 0.6 is 22.7 Å². The summed E-state index contributed by atoms with van der Waals surface area (Å²) in [6.45, 7) is 4.40. The first-order chi connectivity index (χ1) is 16.4. The number of benzene rings is 1. The number of hydrogen-bond donors (Lipinski definition) is 2. The van der Waals surface area contributed by atoms with E-state index in [-0.39, 0.29) is 29.9 Å². The van der Waals surface area contributed by atoms with E-state index in [1.54, 1.807) is 11.3 Å². The molecule has 0 saturated carbocycles. The van der Waals surface area contributed by atoms with Gasteiger partial charge in [-0.3, -0.25) is 14.4 Å². The predicted molar refractivity (Wildman–Crippen MR) is 134 cm³/mol. The predicted octanol–water partition coefficient (Wildman–Crippen LogP) is 4.63. The molecule has 178 valence electrons. The smallest absolute Gasteiger partial charge is 0.226 e. The number of rotatable bonds is 9. The van der Waals surface area contributed by atoms with Crippen molar-refractivity contribution in [3.05, 3.63) is 62.5 Å². The zero-order valence-electron chi connectivity index (χ0n) is 19.3. The number of carbonyl (C=O) groups excluding carboxylic acids is 3. The van der Waals surface area contributed by atoms with Crippen molar-refractivity contribution in [1.82, 2.24) is 15.3 Å². The second-order valence-corrected chi connectivity index (χ2v) is 10.6. The molecule has 0 bridgehead atoms. The number of amides is 2. The molecule has 1 aliphatic carbocycles. The summed E-state index contributed by atoms with van der Waals surface area (Å²) in [7, 11) is 0. The molecule has 4 rings (SSSR count). The summed E-state index contributed by atoms with van der Waals surface area (Å²) >= 11 is 2.78. The summed E-state index contributed by atoms with van der Waals surface area (Å²) < 4.78 is 0. The number of nitrogens with one attached hydrogen (secondary N) is 2. The average molecular weight is 497 g/mol. The lowest BCUT2D eigenvalue weighted by Gasteiger charge is -2.19. The Morgan fingerprint density at radius 2 is 1.97 bits per heavy atom. The molecule has 0 saturated heterocycles. The Hall–Kier alpha value is -2.91. The van der Waals surface area contributed by atoms with Crippen LogP contribution in [0.15, 0.2) is 35.7 Å². The molecule has 9 heteroatoms. The Morgan fingerprint density at radius 1 is 1.18 bits per heavy atom. The average Bonchev–Trinajstić information content (AvgIpc) is 3.44. The van der Waals surface area contributed by atoms with Crippen LogP contribution in [-0.2, 0) is 29.0 Å². The molecular formula is C25H28N4O3S2. The molecule has 0 fully saturated rings. The molecule has 2 amide bonds. The van der Waals surface area contributed by atoms with E-state index < -0.39 is 5.92 Å². The third kappa shape index (κ3) is 6.15. The lowest BCUT2D eigenvalue weighted by Crippen LogP contribution is -2.35. The van der Waals surface area contributed by atoms with Crippen molar-refractivity contribution < 1.29 is 14.4 Å². The maximum atomic E-state index is 12.8. The molecule has 3 aromatic rings. The fraction of sp³-hybridized carbons (Fsp3) is 0.400. The van der Waals surface area contributed by atoms with Crippen LogP contribution in [0, 0.1) is 11.8 Å². The molecule has 1 aliphatic rings. The third-order valence-electron chi connectivity index (χ3n) is 5.91. The first-order valence-corrected chi connectivity index (χ1v) is 13.2. The topological polar surface area (TPSA) is 101 Å². The van der Waals surface area contributed by atoms with Crippen molar-refractivity contribution in [3.63, 3.8) is 0 Å². The number of thiazole rings is 2. The second-order valence-electron chi connectivity index (χ2n) is 8.70. The maximum Gasteiger partial charge on any atom is 0.226 e. The quantitative estimate of drug-likeness (QED) is 0.450. The molecule has 1 aromatic carbocycles. The lowest BCUT2D eigenvalue weighted by atomic mass is 9.89. The van der Waals surface area contributed by atoms with Crippen molar-refractivity contribution in [2.75, 3.05) is 5.32 Å². The van der Waals surface area contributed by atoms with Crippen LogP contribution in [0.1, 0.15) is 64.7 Å². The van der Waals surface area contributed by atoms with Gasteiger partial charge in [0.1, 0.15) is 0 Å². The number of anilines is 1. The zero-order chi connectivity index (χ0) is 24.1. The van der Waals surface area contributed by atoms with Crippen molar-refractivity contribution in [2.45, 2.75) is 52.5 Å². The fourth-order valence-corrected chi connectivity index (χ4v) is 5.59. The van der Waals surface area contributed by atoms with Crippen LogP contribution in [0.25, 0.3) is 0 Å².